The predicted molar refractivity (Wildman–Crippen MR) is 76.5 cm³/mol. The van der Waals surface area contributed by atoms with E-state index in [0.717, 1.165) is 13.0 Å². The van der Waals surface area contributed by atoms with Gasteiger partial charge < -0.3 is 18.9 Å². The van der Waals surface area contributed by atoms with E-state index in [1.54, 1.807) is 0 Å². The van der Waals surface area contributed by atoms with Crippen LogP contribution in [0.4, 0.5) is 0 Å². The summed E-state index contributed by atoms with van der Waals surface area (Å²) >= 11 is 0. The molecule has 118 valence electrons. The minimum Gasteiger partial charge on any atom is -0.349 e. The Labute approximate surface area is 122 Å². The molecule has 0 atom stereocenters. The highest BCUT2D eigenvalue weighted by molar-refractivity contribution is 4.84. The fourth-order valence-corrected chi connectivity index (χ4v) is 2.67. The first kappa shape index (κ1) is 16.2. The maximum absolute atomic E-state index is 5.79. The summed E-state index contributed by atoms with van der Waals surface area (Å²) < 4.78 is 23.2. The van der Waals surface area contributed by atoms with Crippen LogP contribution in [0.3, 0.4) is 0 Å². The Balaban J connectivity index is 1.94. The van der Waals surface area contributed by atoms with E-state index in [1.807, 2.05) is 27.7 Å². The number of hydrogen-bond acceptors (Lipinski definition) is 5. The number of nitrogens with zero attached hydrogens (tertiary/aromatic N) is 1. The van der Waals surface area contributed by atoms with Crippen molar-refractivity contribution in [2.45, 2.75) is 64.7 Å². The number of rotatable bonds is 4. The first-order chi connectivity index (χ1) is 9.33. The van der Waals surface area contributed by atoms with Crippen LogP contribution in [0.15, 0.2) is 0 Å². The molecule has 0 aromatic heterocycles. The summed E-state index contributed by atoms with van der Waals surface area (Å²) in [5.41, 5.74) is 0. The van der Waals surface area contributed by atoms with Gasteiger partial charge in [0.15, 0.2) is 11.6 Å². The summed E-state index contributed by atoms with van der Waals surface area (Å²) in [6, 6.07) is 0.558. The molecule has 0 unspecified atom stereocenters. The third-order valence-corrected chi connectivity index (χ3v) is 3.91. The van der Waals surface area contributed by atoms with E-state index in [0.29, 0.717) is 26.4 Å². The molecule has 0 radical (unpaired) electrons. The van der Waals surface area contributed by atoms with Gasteiger partial charge in [0.1, 0.15) is 0 Å². The van der Waals surface area contributed by atoms with Crippen molar-refractivity contribution in [2.24, 2.45) is 0 Å². The van der Waals surface area contributed by atoms with Crippen molar-refractivity contribution in [3.63, 3.8) is 0 Å². The van der Waals surface area contributed by atoms with Crippen LogP contribution in [0, 0.1) is 0 Å². The largest absolute Gasteiger partial charge is 0.349 e. The average Bonchev–Trinajstić information content (AvgIpc) is 2.37. The van der Waals surface area contributed by atoms with Crippen LogP contribution in [0.1, 0.15) is 41.0 Å². The maximum Gasteiger partial charge on any atom is 0.162 e. The second-order valence-electron chi connectivity index (χ2n) is 6.59. The summed E-state index contributed by atoms with van der Waals surface area (Å²) in [6.07, 6.45) is 1.10. The van der Waals surface area contributed by atoms with Crippen molar-refractivity contribution in [1.82, 2.24) is 4.90 Å². The maximum atomic E-state index is 5.79. The van der Waals surface area contributed by atoms with Crippen LogP contribution in [-0.4, -0.2) is 61.5 Å². The highest BCUT2D eigenvalue weighted by Crippen LogP contribution is 2.25. The molecule has 0 bridgehead atoms. The number of ether oxygens (including phenoxy) is 4. The summed E-state index contributed by atoms with van der Waals surface area (Å²) in [4.78, 5) is 2.42. The Hall–Kier alpha value is -0.200. The van der Waals surface area contributed by atoms with E-state index in [2.05, 4.69) is 11.8 Å². The van der Waals surface area contributed by atoms with Crippen LogP contribution in [-0.2, 0) is 18.9 Å². The Morgan fingerprint density at radius 3 is 1.45 bits per heavy atom. The van der Waals surface area contributed by atoms with Crippen molar-refractivity contribution in [2.75, 3.05) is 33.0 Å². The minimum absolute atomic E-state index is 0.279. The lowest BCUT2D eigenvalue weighted by Gasteiger charge is -2.46. The van der Waals surface area contributed by atoms with Gasteiger partial charge in [-0.3, -0.25) is 4.90 Å². The Kier molecular flexibility index (Phi) is 5.08. The van der Waals surface area contributed by atoms with E-state index < -0.39 is 11.6 Å². The molecule has 0 aromatic carbocycles. The van der Waals surface area contributed by atoms with Crippen molar-refractivity contribution in [3.05, 3.63) is 0 Å². The first-order valence-electron chi connectivity index (χ1n) is 7.64. The first-order valence-corrected chi connectivity index (χ1v) is 7.64. The Bertz CT molecular complexity index is 271. The van der Waals surface area contributed by atoms with Gasteiger partial charge in [-0.05, 0) is 40.7 Å². The molecule has 5 heteroatoms. The van der Waals surface area contributed by atoms with Gasteiger partial charge in [-0.15, -0.1) is 0 Å². The van der Waals surface area contributed by atoms with Crippen LogP contribution < -0.4 is 0 Å². The molecule has 0 spiro atoms. The molecular weight excluding hydrogens is 258 g/mol. The zero-order valence-corrected chi connectivity index (χ0v) is 13.5. The zero-order valence-electron chi connectivity index (χ0n) is 13.5. The molecule has 5 nitrogen and oxygen atoms in total. The molecule has 20 heavy (non-hydrogen) atoms. The van der Waals surface area contributed by atoms with E-state index >= 15 is 0 Å². The van der Waals surface area contributed by atoms with Crippen molar-refractivity contribution in [3.8, 4) is 0 Å². The smallest absolute Gasteiger partial charge is 0.162 e. The van der Waals surface area contributed by atoms with Crippen molar-refractivity contribution >= 4 is 0 Å². The molecule has 2 aliphatic heterocycles. The summed E-state index contributed by atoms with van der Waals surface area (Å²) in [5, 5.41) is 0. The molecule has 2 rings (SSSR count). The van der Waals surface area contributed by atoms with E-state index in [4.69, 9.17) is 18.9 Å². The second kappa shape index (κ2) is 6.28. The Morgan fingerprint density at radius 1 is 0.800 bits per heavy atom. The Morgan fingerprint density at radius 2 is 1.15 bits per heavy atom. The molecule has 2 heterocycles. The van der Waals surface area contributed by atoms with Crippen molar-refractivity contribution < 1.29 is 18.9 Å². The SMILES string of the molecule is CCCN(C1COC(C)(C)OC1)C1COC(C)(C)OC1. The lowest BCUT2D eigenvalue weighted by atomic mass is 10.1. The monoisotopic (exact) mass is 287 g/mol. The molecule has 2 aliphatic rings. The third kappa shape index (κ3) is 4.15. The molecular formula is C15H29NO4. The lowest BCUT2D eigenvalue weighted by Crippen LogP contribution is -2.58. The number of hydrogen-bond donors (Lipinski definition) is 0. The fourth-order valence-electron chi connectivity index (χ4n) is 2.67. The standard InChI is InChI=1S/C15H29NO4/c1-6-7-16(12-8-17-14(2,3)18-9-12)13-10-19-15(4,5)20-11-13/h12-13H,6-11H2,1-5H3. The molecule has 0 aliphatic carbocycles. The lowest BCUT2D eigenvalue weighted by molar-refractivity contribution is -0.287. The molecule has 2 fully saturated rings. The third-order valence-electron chi connectivity index (χ3n) is 3.91. The zero-order chi connectivity index (χ0) is 14.8. The van der Waals surface area contributed by atoms with Crippen LogP contribution >= 0.6 is 0 Å². The molecule has 2 saturated heterocycles. The summed E-state index contributed by atoms with van der Waals surface area (Å²) in [7, 11) is 0. The fraction of sp³-hybridized carbons (Fsp3) is 1.00. The topological polar surface area (TPSA) is 40.2 Å². The van der Waals surface area contributed by atoms with Gasteiger partial charge in [-0.1, -0.05) is 6.92 Å². The van der Waals surface area contributed by atoms with Crippen LogP contribution in [0.25, 0.3) is 0 Å². The molecule has 0 N–H and O–H groups in total. The quantitative estimate of drug-likeness (QED) is 0.791. The summed E-state index contributed by atoms with van der Waals surface area (Å²) in [5.74, 6) is -0.925. The van der Waals surface area contributed by atoms with Gasteiger partial charge in [-0.2, -0.15) is 0 Å². The highest BCUT2D eigenvalue weighted by atomic mass is 16.7. The van der Waals surface area contributed by atoms with Gasteiger partial charge >= 0.3 is 0 Å². The predicted octanol–water partition coefficient (Wildman–Crippen LogP) is 2.00. The van der Waals surface area contributed by atoms with E-state index in [9.17, 15) is 0 Å². The van der Waals surface area contributed by atoms with Gasteiger partial charge in [-0.25, -0.2) is 0 Å². The van der Waals surface area contributed by atoms with Gasteiger partial charge in [0.2, 0.25) is 0 Å². The van der Waals surface area contributed by atoms with Crippen LogP contribution in [0.5, 0.6) is 0 Å². The van der Waals surface area contributed by atoms with Crippen molar-refractivity contribution in [1.29, 1.82) is 0 Å². The average molecular weight is 287 g/mol. The van der Waals surface area contributed by atoms with Gasteiger partial charge in [0, 0.05) is 0 Å². The molecule has 0 amide bonds. The molecule has 0 aromatic rings. The second-order valence-corrected chi connectivity index (χ2v) is 6.59. The summed E-state index contributed by atoms with van der Waals surface area (Å²) in [6.45, 7) is 13.8. The van der Waals surface area contributed by atoms with Gasteiger partial charge in [0.25, 0.3) is 0 Å². The minimum atomic E-state index is -0.462. The van der Waals surface area contributed by atoms with Crippen LogP contribution in [0.2, 0.25) is 0 Å². The van der Waals surface area contributed by atoms with E-state index in [1.165, 1.54) is 0 Å². The van der Waals surface area contributed by atoms with E-state index in [-0.39, 0.29) is 12.1 Å². The van der Waals surface area contributed by atoms with Gasteiger partial charge in [0.05, 0.1) is 38.5 Å². The highest BCUT2D eigenvalue weighted by Gasteiger charge is 2.37. The normalized spacial score (nSPS) is 27.9. The molecule has 0 saturated carbocycles.